The van der Waals surface area contributed by atoms with Gasteiger partial charge >= 0.3 is 0 Å². The van der Waals surface area contributed by atoms with Crippen molar-refractivity contribution in [2.24, 2.45) is 0 Å². The molecule has 0 aliphatic rings. The molecule has 5 nitrogen and oxygen atoms in total. The van der Waals surface area contributed by atoms with E-state index in [4.69, 9.17) is 9.47 Å². The number of nitrogens with one attached hydrogen (secondary N) is 1. The van der Waals surface area contributed by atoms with E-state index in [0.717, 1.165) is 0 Å². The molecule has 0 bridgehead atoms. The summed E-state index contributed by atoms with van der Waals surface area (Å²) in [5.74, 6) is 0.287. The Morgan fingerprint density at radius 2 is 1.62 bits per heavy atom. The van der Waals surface area contributed by atoms with E-state index in [1.54, 1.807) is 32.0 Å². The normalized spacial score (nSPS) is 12.0. The van der Waals surface area contributed by atoms with E-state index in [1.807, 2.05) is 0 Å². The molecule has 0 saturated heterocycles. The second-order valence-corrected chi connectivity index (χ2v) is 7.41. The fraction of sp³-hybridized carbons (Fsp3) is 0.294. The van der Waals surface area contributed by atoms with Gasteiger partial charge in [-0.2, -0.15) is 0 Å². The number of benzene rings is 2. The van der Waals surface area contributed by atoms with Gasteiger partial charge in [-0.05, 0) is 43.7 Å². The van der Waals surface area contributed by atoms with Crippen LogP contribution in [0.1, 0.15) is 19.4 Å². The first-order valence-electron chi connectivity index (χ1n) is 7.21. The van der Waals surface area contributed by atoms with E-state index in [0.29, 0.717) is 11.3 Å². The van der Waals surface area contributed by atoms with Crippen LogP contribution >= 0.6 is 0 Å². The van der Waals surface area contributed by atoms with Crippen molar-refractivity contribution < 1.29 is 22.3 Å². The van der Waals surface area contributed by atoms with Gasteiger partial charge in [-0.1, -0.05) is 12.1 Å². The van der Waals surface area contributed by atoms with E-state index in [-0.39, 0.29) is 16.5 Å². The van der Waals surface area contributed by atoms with Crippen LogP contribution in [0.3, 0.4) is 0 Å². The van der Waals surface area contributed by atoms with Crippen molar-refractivity contribution in [3.8, 4) is 11.5 Å². The summed E-state index contributed by atoms with van der Waals surface area (Å²) in [5, 5.41) is 0. The van der Waals surface area contributed by atoms with Gasteiger partial charge in [-0.25, -0.2) is 17.5 Å². The molecule has 130 valence electrons. The summed E-state index contributed by atoms with van der Waals surface area (Å²) < 4.78 is 51.5. The zero-order valence-corrected chi connectivity index (χ0v) is 14.8. The summed E-state index contributed by atoms with van der Waals surface area (Å²) >= 11 is 0. The van der Waals surface area contributed by atoms with E-state index < -0.39 is 15.6 Å². The van der Waals surface area contributed by atoms with Crippen molar-refractivity contribution >= 4 is 10.0 Å². The zero-order chi connectivity index (χ0) is 18.0. The Kier molecular flexibility index (Phi) is 5.15. The molecule has 0 aliphatic heterocycles. The van der Waals surface area contributed by atoms with Crippen LogP contribution in [-0.2, 0) is 15.6 Å². The minimum Gasteiger partial charge on any atom is -0.497 e. The molecule has 0 saturated carbocycles. The molecule has 0 heterocycles. The van der Waals surface area contributed by atoms with Gasteiger partial charge in [0.05, 0.1) is 19.8 Å². The van der Waals surface area contributed by atoms with Crippen molar-refractivity contribution in [3.63, 3.8) is 0 Å². The second kappa shape index (κ2) is 6.78. The first-order chi connectivity index (χ1) is 11.2. The molecule has 0 aliphatic carbocycles. The van der Waals surface area contributed by atoms with Crippen LogP contribution in [0.2, 0.25) is 0 Å². The third kappa shape index (κ3) is 3.85. The second-order valence-electron chi connectivity index (χ2n) is 5.75. The molecule has 2 rings (SSSR count). The largest absolute Gasteiger partial charge is 0.497 e. The lowest BCUT2D eigenvalue weighted by molar-refractivity contribution is 0.385. The molecule has 0 aromatic heterocycles. The van der Waals surface area contributed by atoms with Gasteiger partial charge in [0.15, 0.2) is 0 Å². The first-order valence-corrected chi connectivity index (χ1v) is 8.70. The maximum Gasteiger partial charge on any atom is 0.245 e. The average molecular weight is 353 g/mol. The first kappa shape index (κ1) is 18.2. The molecule has 0 amide bonds. The Hall–Kier alpha value is -2.12. The summed E-state index contributed by atoms with van der Waals surface area (Å²) in [6.07, 6.45) is 0. The van der Waals surface area contributed by atoms with Crippen LogP contribution in [0.15, 0.2) is 47.4 Å². The number of sulfonamides is 1. The number of halogens is 1. The van der Waals surface area contributed by atoms with Gasteiger partial charge in [0.1, 0.15) is 22.2 Å². The fourth-order valence-electron chi connectivity index (χ4n) is 2.31. The third-order valence-corrected chi connectivity index (χ3v) is 5.31. The molecule has 2 aromatic carbocycles. The Bertz CT molecular complexity index is 817. The average Bonchev–Trinajstić information content (AvgIpc) is 2.53. The number of hydrogen-bond donors (Lipinski definition) is 1. The standard InChI is InChI=1S/C17H20FNO4S/c1-17(2,12-5-7-13(18)8-6-12)19-24(20,21)16-10-9-14(22-3)11-15(16)23-4/h5-11,19H,1-4H3. The number of methoxy groups -OCH3 is 2. The number of hydrogen-bond acceptors (Lipinski definition) is 4. The Balaban J connectivity index is 2.39. The van der Waals surface area contributed by atoms with Crippen molar-refractivity contribution in [1.29, 1.82) is 0 Å². The van der Waals surface area contributed by atoms with Crippen LogP contribution in [0, 0.1) is 5.82 Å². The molecular weight excluding hydrogens is 333 g/mol. The van der Waals surface area contributed by atoms with Crippen LogP contribution in [-0.4, -0.2) is 22.6 Å². The van der Waals surface area contributed by atoms with Crippen molar-refractivity contribution in [1.82, 2.24) is 4.72 Å². The molecule has 0 fully saturated rings. The highest BCUT2D eigenvalue weighted by molar-refractivity contribution is 7.89. The molecule has 24 heavy (non-hydrogen) atoms. The summed E-state index contributed by atoms with van der Waals surface area (Å²) in [6, 6.07) is 10.1. The Morgan fingerprint density at radius 3 is 2.17 bits per heavy atom. The molecule has 0 spiro atoms. The van der Waals surface area contributed by atoms with Crippen molar-refractivity contribution in [3.05, 3.63) is 53.8 Å². The van der Waals surface area contributed by atoms with E-state index in [1.165, 1.54) is 38.5 Å². The third-order valence-electron chi connectivity index (χ3n) is 3.62. The summed E-state index contributed by atoms with van der Waals surface area (Å²) in [4.78, 5) is 0.000914. The molecule has 0 atom stereocenters. The summed E-state index contributed by atoms with van der Waals surface area (Å²) in [6.45, 7) is 3.40. The number of rotatable bonds is 6. The van der Waals surface area contributed by atoms with Gasteiger partial charge in [0, 0.05) is 6.07 Å². The van der Waals surface area contributed by atoms with Crippen molar-refractivity contribution in [2.75, 3.05) is 14.2 Å². The molecule has 0 unspecified atom stereocenters. The number of ether oxygens (including phenoxy) is 2. The van der Waals surface area contributed by atoms with Crippen LogP contribution < -0.4 is 14.2 Å². The van der Waals surface area contributed by atoms with Crippen LogP contribution in [0.4, 0.5) is 4.39 Å². The maximum absolute atomic E-state index is 13.1. The smallest absolute Gasteiger partial charge is 0.245 e. The Morgan fingerprint density at radius 1 is 1.00 bits per heavy atom. The van der Waals surface area contributed by atoms with Crippen molar-refractivity contribution in [2.45, 2.75) is 24.3 Å². The predicted molar refractivity (Wildman–Crippen MR) is 89.3 cm³/mol. The quantitative estimate of drug-likeness (QED) is 0.867. The van der Waals surface area contributed by atoms with E-state index in [9.17, 15) is 12.8 Å². The molecule has 0 radical (unpaired) electrons. The minimum absolute atomic E-state index is 0.000914. The van der Waals surface area contributed by atoms with Gasteiger partial charge in [0.2, 0.25) is 10.0 Å². The fourth-order valence-corrected chi connectivity index (χ4v) is 3.87. The van der Waals surface area contributed by atoms with E-state index >= 15 is 0 Å². The van der Waals surface area contributed by atoms with Gasteiger partial charge in [0.25, 0.3) is 0 Å². The predicted octanol–water partition coefficient (Wildman–Crippen LogP) is 3.06. The molecular formula is C17H20FNO4S. The van der Waals surface area contributed by atoms with Gasteiger partial charge in [-0.15, -0.1) is 0 Å². The van der Waals surface area contributed by atoms with Gasteiger partial charge in [-0.3, -0.25) is 0 Å². The van der Waals surface area contributed by atoms with Gasteiger partial charge < -0.3 is 9.47 Å². The van der Waals surface area contributed by atoms with E-state index in [2.05, 4.69) is 4.72 Å². The Labute approximate surface area is 141 Å². The maximum atomic E-state index is 13.1. The molecule has 7 heteroatoms. The van der Waals surface area contributed by atoms with Crippen LogP contribution in [0.5, 0.6) is 11.5 Å². The summed E-state index contributed by atoms with van der Waals surface area (Å²) in [5.41, 5.74) is -0.294. The highest BCUT2D eigenvalue weighted by atomic mass is 32.2. The highest BCUT2D eigenvalue weighted by Gasteiger charge is 2.30. The molecule has 1 N–H and O–H groups in total. The lowest BCUT2D eigenvalue weighted by atomic mass is 9.96. The zero-order valence-electron chi connectivity index (χ0n) is 14.0. The lowest BCUT2D eigenvalue weighted by Gasteiger charge is -2.27. The summed E-state index contributed by atoms with van der Waals surface area (Å²) in [7, 11) is -0.996. The van der Waals surface area contributed by atoms with Crippen LogP contribution in [0.25, 0.3) is 0 Å². The topological polar surface area (TPSA) is 64.6 Å². The monoisotopic (exact) mass is 353 g/mol. The minimum atomic E-state index is -3.87. The highest BCUT2D eigenvalue weighted by Crippen LogP contribution is 2.30. The molecule has 2 aromatic rings. The lowest BCUT2D eigenvalue weighted by Crippen LogP contribution is -2.41. The SMILES string of the molecule is COc1ccc(S(=O)(=O)NC(C)(C)c2ccc(F)cc2)c(OC)c1.